The number of urea groups is 1. The first-order valence-electron chi connectivity index (χ1n) is 11.4. The minimum Gasteiger partial charge on any atom is -0.497 e. The molecule has 0 spiro atoms. The van der Waals surface area contributed by atoms with Crippen molar-refractivity contribution < 1.29 is 9.53 Å². The third-order valence-electron chi connectivity index (χ3n) is 6.08. The van der Waals surface area contributed by atoms with Gasteiger partial charge in [0.25, 0.3) is 0 Å². The number of nitrogens with zero attached hydrogens (tertiary/aromatic N) is 3. The molecule has 1 aliphatic rings. The summed E-state index contributed by atoms with van der Waals surface area (Å²) in [6.45, 7) is 1.95. The molecule has 0 atom stereocenters. The molecule has 4 rings (SSSR count). The van der Waals surface area contributed by atoms with Crippen LogP contribution >= 0.6 is 0 Å². The predicted molar refractivity (Wildman–Crippen MR) is 133 cm³/mol. The van der Waals surface area contributed by atoms with Gasteiger partial charge in [-0.1, -0.05) is 12.1 Å². The van der Waals surface area contributed by atoms with Gasteiger partial charge in [0.05, 0.1) is 12.6 Å². The lowest BCUT2D eigenvalue weighted by molar-refractivity contribution is 0.243. The summed E-state index contributed by atoms with van der Waals surface area (Å²) in [5, 5.41) is 10.6. The van der Waals surface area contributed by atoms with Crippen molar-refractivity contribution in [3.8, 4) is 5.75 Å². The lowest BCUT2D eigenvalue weighted by Crippen LogP contribution is -2.42. The summed E-state index contributed by atoms with van der Waals surface area (Å²) >= 11 is 0. The zero-order chi connectivity index (χ0) is 23.4. The van der Waals surface area contributed by atoms with Crippen LogP contribution in [0.3, 0.4) is 0 Å². The molecule has 1 saturated carbocycles. The average molecular weight is 449 g/mol. The zero-order valence-electron chi connectivity index (χ0n) is 19.7. The first-order valence-corrected chi connectivity index (χ1v) is 11.4. The molecular weight excluding hydrogens is 416 g/mol. The van der Waals surface area contributed by atoms with Crippen LogP contribution < -0.4 is 25.6 Å². The fraction of sp³-hybridized carbons (Fsp3) is 0.400. The van der Waals surface area contributed by atoms with E-state index >= 15 is 0 Å². The van der Waals surface area contributed by atoms with Crippen molar-refractivity contribution in [3.63, 3.8) is 0 Å². The number of anilines is 3. The molecule has 3 N–H and O–H groups in total. The van der Waals surface area contributed by atoms with Crippen molar-refractivity contribution in [1.29, 1.82) is 0 Å². The Kier molecular flexibility index (Phi) is 6.82. The van der Waals surface area contributed by atoms with Crippen molar-refractivity contribution in [3.05, 3.63) is 48.0 Å². The number of methoxy groups -OCH3 is 1. The highest BCUT2D eigenvalue weighted by molar-refractivity contribution is 5.91. The van der Waals surface area contributed by atoms with Gasteiger partial charge in [0.2, 0.25) is 5.95 Å². The number of ether oxygens (including phenoxy) is 1. The fourth-order valence-corrected chi connectivity index (χ4v) is 4.28. The maximum absolute atomic E-state index is 12.5. The van der Waals surface area contributed by atoms with Gasteiger partial charge in [0.1, 0.15) is 11.6 Å². The Morgan fingerprint density at radius 3 is 2.45 bits per heavy atom. The van der Waals surface area contributed by atoms with Gasteiger partial charge in [-0.25, -0.2) is 9.78 Å². The largest absolute Gasteiger partial charge is 0.497 e. The molecule has 0 bridgehead atoms. The summed E-state index contributed by atoms with van der Waals surface area (Å²) in [5.74, 6) is 2.34. The molecule has 33 heavy (non-hydrogen) atoms. The van der Waals surface area contributed by atoms with E-state index in [4.69, 9.17) is 14.7 Å². The summed E-state index contributed by atoms with van der Waals surface area (Å²) in [6, 6.07) is 13.9. The van der Waals surface area contributed by atoms with E-state index in [1.54, 1.807) is 7.11 Å². The molecule has 0 aliphatic heterocycles. The molecule has 1 heterocycles. The van der Waals surface area contributed by atoms with E-state index in [1.807, 2.05) is 68.4 Å². The SMILES string of the molecule is COc1ccc(NC(=O)NC2CCC(Nc3nc(N(C)C)c4ccccc4n3)CC2)c(C)c1. The number of para-hydroxylation sites is 1. The van der Waals surface area contributed by atoms with E-state index in [0.29, 0.717) is 5.95 Å². The molecule has 1 fully saturated rings. The molecule has 8 nitrogen and oxygen atoms in total. The van der Waals surface area contributed by atoms with Crippen molar-refractivity contribution in [2.75, 3.05) is 36.7 Å². The first-order chi connectivity index (χ1) is 15.9. The number of amides is 2. The summed E-state index contributed by atoms with van der Waals surface area (Å²) in [7, 11) is 5.62. The van der Waals surface area contributed by atoms with E-state index in [2.05, 4.69) is 16.0 Å². The van der Waals surface area contributed by atoms with Crippen LogP contribution in [-0.2, 0) is 0 Å². The Morgan fingerprint density at radius 1 is 1.03 bits per heavy atom. The molecule has 0 saturated heterocycles. The van der Waals surface area contributed by atoms with E-state index in [1.165, 1.54) is 0 Å². The zero-order valence-corrected chi connectivity index (χ0v) is 19.7. The standard InChI is InChI=1S/C25H32N6O2/c1-16-15-19(33-4)13-14-21(16)29-25(32)27-18-11-9-17(10-12-18)26-24-28-22-8-6-5-7-20(22)23(30-24)31(2)3/h5-8,13-15,17-18H,9-12H2,1-4H3,(H,26,28,30)(H2,27,29,32). The lowest BCUT2D eigenvalue weighted by Gasteiger charge is -2.30. The third kappa shape index (κ3) is 5.45. The quantitative estimate of drug-likeness (QED) is 0.512. The highest BCUT2D eigenvalue weighted by atomic mass is 16.5. The molecule has 1 aromatic heterocycles. The number of rotatable bonds is 6. The lowest BCUT2D eigenvalue weighted by atomic mass is 9.91. The van der Waals surface area contributed by atoms with E-state index in [0.717, 1.165) is 59.4 Å². The maximum atomic E-state index is 12.5. The summed E-state index contributed by atoms with van der Waals surface area (Å²) < 4.78 is 5.22. The van der Waals surface area contributed by atoms with Gasteiger partial charge in [-0.2, -0.15) is 4.98 Å². The van der Waals surface area contributed by atoms with Gasteiger partial charge in [0, 0.05) is 37.3 Å². The second-order valence-corrected chi connectivity index (χ2v) is 8.75. The number of aryl methyl sites for hydroxylation is 1. The maximum Gasteiger partial charge on any atom is 0.319 e. The Balaban J connectivity index is 1.32. The topological polar surface area (TPSA) is 91.4 Å². The highest BCUT2D eigenvalue weighted by Gasteiger charge is 2.23. The van der Waals surface area contributed by atoms with E-state index in [-0.39, 0.29) is 18.1 Å². The average Bonchev–Trinajstić information content (AvgIpc) is 2.81. The summed E-state index contributed by atoms with van der Waals surface area (Å²) in [4.78, 5) is 24.0. The molecule has 8 heteroatoms. The van der Waals surface area contributed by atoms with Crippen molar-refractivity contribution in [2.24, 2.45) is 0 Å². The van der Waals surface area contributed by atoms with Crippen molar-refractivity contribution >= 4 is 34.4 Å². The Hall–Kier alpha value is -3.55. The number of nitrogens with one attached hydrogen (secondary N) is 3. The van der Waals surface area contributed by atoms with E-state index in [9.17, 15) is 4.79 Å². The number of hydrogen-bond donors (Lipinski definition) is 3. The van der Waals surface area contributed by atoms with Crippen LogP contribution in [0.5, 0.6) is 5.75 Å². The molecule has 1 aliphatic carbocycles. The number of aromatic nitrogens is 2. The molecule has 0 unspecified atom stereocenters. The molecule has 2 aromatic carbocycles. The van der Waals surface area contributed by atoms with Gasteiger partial charge >= 0.3 is 6.03 Å². The summed E-state index contributed by atoms with van der Waals surface area (Å²) in [6.07, 6.45) is 3.70. The summed E-state index contributed by atoms with van der Waals surface area (Å²) in [5.41, 5.74) is 2.68. The number of benzene rings is 2. The molecular formula is C25H32N6O2. The van der Waals surface area contributed by atoms with Gasteiger partial charge in [-0.15, -0.1) is 0 Å². The Bertz CT molecular complexity index is 1130. The number of fused-ring (bicyclic) bond motifs is 1. The smallest absolute Gasteiger partial charge is 0.319 e. The fourth-order valence-electron chi connectivity index (χ4n) is 4.28. The minimum atomic E-state index is -0.173. The Labute approximate surface area is 194 Å². The van der Waals surface area contributed by atoms with Crippen molar-refractivity contribution in [2.45, 2.75) is 44.7 Å². The van der Waals surface area contributed by atoms with Crippen LogP contribution in [0, 0.1) is 6.92 Å². The number of carbonyl (C=O) groups is 1. The molecule has 3 aromatic rings. The molecule has 0 radical (unpaired) electrons. The van der Waals surface area contributed by atoms with Crippen LogP contribution in [-0.4, -0.2) is 49.3 Å². The van der Waals surface area contributed by atoms with Gasteiger partial charge < -0.3 is 25.6 Å². The van der Waals surface area contributed by atoms with Crippen LogP contribution in [0.25, 0.3) is 10.9 Å². The van der Waals surface area contributed by atoms with Crippen molar-refractivity contribution in [1.82, 2.24) is 15.3 Å². The van der Waals surface area contributed by atoms with Crippen LogP contribution in [0.2, 0.25) is 0 Å². The molecule has 174 valence electrons. The van der Waals surface area contributed by atoms with Crippen LogP contribution in [0.4, 0.5) is 22.2 Å². The second-order valence-electron chi connectivity index (χ2n) is 8.75. The van der Waals surface area contributed by atoms with E-state index < -0.39 is 0 Å². The number of hydrogen-bond acceptors (Lipinski definition) is 6. The van der Waals surface area contributed by atoms with Gasteiger partial charge in [0.15, 0.2) is 0 Å². The number of carbonyl (C=O) groups excluding carboxylic acids is 1. The van der Waals surface area contributed by atoms with Crippen LogP contribution in [0.15, 0.2) is 42.5 Å². The van der Waals surface area contributed by atoms with Gasteiger partial charge in [-0.05, 0) is 68.5 Å². The van der Waals surface area contributed by atoms with Gasteiger partial charge in [-0.3, -0.25) is 0 Å². The monoisotopic (exact) mass is 448 g/mol. The predicted octanol–water partition coefficient (Wildman–Crippen LogP) is 4.56. The highest BCUT2D eigenvalue weighted by Crippen LogP contribution is 2.26. The minimum absolute atomic E-state index is 0.150. The first kappa shape index (κ1) is 22.6. The molecule has 2 amide bonds. The third-order valence-corrected chi connectivity index (χ3v) is 6.08. The Morgan fingerprint density at radius 2 is 1.76 bits per heavy atom. The second kappa shape index (κ2) is 9.94. The van der Waals surface area contributed by atoms with Crippen LogP contribution in [0.1, 0.15) is 31.2 Å². The normalized spacial score (nSPS) is 17.9.